The van der Waals surface area contributed by atoms with E-state index in [9.17, 15) is 14.9 Å². The van der Waals surface area contributed by atoms with Gasteiger partial charge < -0.3 is 0 Å². The van der Waals surface area contributed by atoms with E-state index in [0.717, 1.165) is 19.4 Å². The van der Waals surface area contributed by atoms with Crippen molar-refractivity contribution in [3.05, 3.63) is 34.4 Å². The van der Waals surface area contributed by atoms with Crippen LogP contribution in [0, 0.1) is 10.1 Å². The lowest BCUT2D eigenvalue weighted by molar-refractivity contribution is -0.387. The fourth-order valence-corrected chi connectivity index (χ4v) is 2.90. The number of benzene rings is 1. The van der Waals surface area contributed by atoms with E-state index in [-0.39, 0.29) is 11.7 Å². The Labute approximate surface area is 103 Å². The number of carbonyl (C=O) groups excluding carboxylic acids is 1. The second-order valence-corrected chi connectivity index (χ2v) is 4.82. The Morgan fingerprint density at radius 1 is 1.47 bits per heavy atom. The molecule has 6 heteroatoms. The topological polar surface area (TPSA) is 63.5 Å². The predicted octanol–water partition coefficient (Wildman–Crippen LogP) is 2.18. The maximum atomic E-state index is 10.8. The highest BCUT2D eigenvalue weighted by Crippen LogP contribution is 2.35. The molecule has 0 bridgehead atoms. The van der Waals surface area contributed by atoms with Crippen LogP contribution >= 0.6 is 11.9 Å². The van der Waals surface area contributed by atoms with Gasteiger partial charge in [-0.25, -0.2) is 4.31 Å². The molecule has 0 amide bonds. The van der Waals surface area contributed by atoms with Crippen LogP contribution in [-0.2, 0) is 4.79 Å². The van der Waals surface area contributed by atoms with Crippen molar-refractivity contribution in [1.29, 1.82) is 0 Å². The van der Waals surface area contributed by atoms with Gasteiger partial charge in [0.1, 0.15) is 4.90 Å². The molecule has 0 N–H and O–H groups in total. The van der Waals surface area contributed by atoms with Gasteiger partial charge in [-0.1, -0.05) is 12.1 Å². The molecule has 17 heavy (non-hydrogen) atoms. The van der Waals surface area contributed by atoms with E-state index in [1.807, 2.05) is 10.6 Å². The van der Waals surface area contributed by atoms with Crippen molar-refractivity contribution in [2.24, 2.45) is 0 Å². The van der Waals surface area contributed by atoms with Crippen LogP contribution in [0.4, 0.5) is 5.69 Å². The third kappa shape index (κ3) is 2.65. The zero-order valence-corrected chi connectivity index (χ0v) is 9.85. The van der Waals surface area contributed by atoms with Crippen molar-refractivity contribution in [3.8, 4) is 0 Å². The van der Waals surface area contributed by atoms with E-state index < -0.39 is 4.92 Å². The summed E-state index contributed by atoms with van der Waals surface area (Å²) < 4.78 is 1.86. The zero-order valence-electron chi connectivity index (χ0n) is 9.04. The number of nitro groups is 1. The van der Waals surface area contributed by atoms with Gasteiger partial charge in [-0.05, 0) is 30.9 Å². The number of rotatable bonds is 4. The summed E-state index contributed by atoms with van der Waals surface area (Å²) in [6, 6.07) is 6.31. The first-order chi connectivity index (χ1) is 8.22. The lowest BCUT2D eigenvalue weighted by Crippen LogP contribution is -2.23. The summed E-state index contributed by atoms with van der Waals surface area (Å²) >= 11 is 1.27. The van der Waals surface area contributed by atoms with E-state index in [1.54, 1.807) is 18.2 Å². The molecule has 1 radical (unpaired) electrons. The number of nitrogens with zero attached hydrogens (tertiary/aromatic N) is 2. The van der Waals surface area contributed by atoms with Gasteiger partial charge in [-0.15, -0.1) is 0 Å². The molecule has 2 rings (SSSR count). The van der Waals surface area contributed by atoms with Crippen molar-refractivity contribution >= 4 is 23.9 Å². The predicted molar refractivity (Wildman–Crippen MR) is 64.4 cm³/mol. The average Bonchev–Trinajstić information content (AvgIpc) is 2.77. The van der Waals surface area contributed by atoms with E-state index in [4.69, 9.17) is 0 Å². The molecule has 5 nitrogen and oxygen atoms in total. The minimum absolute atomic E-state index is 0.0778. The molecule has 1 saturated heterocycles. The molecular formula is C11H11N2O3S. The molecule has 0 aromatic heterocycles. The number of hydrogen-bond acceptors (Lipinski definition) is 5. The molecule has 1 atom stereocenters. The van der Waals surface area contributed by atoms with Crippen molar-refractivity contribution < 1.29 is 9.72 Å². The van der Waals surface area contributed by atoms with Crippen LogP contribution in [0.15, 0.2) is 29.2 Å². The second-order valence-electron chi connectivity index (χ2n) is 3.73. The van der Waals surface area contributed by atoms with Crippen molar-refractivity contribution in [1.82, 2.24) is 4.31 Å². The third-order valence-corrected chi connectivity index (χ3v) is 3.83. The summed E-state index contributed by atoms with van der Waals surface area (Å²) in [5.74, 6) is 0. The van der Waals surface area contributed by atoms with Gasteiger partial charge in [0.25, 0.3) is 5.69 Å². The van der Waals surface area contributed by atoms with Crippen molar-refractivity contribution in [3.63, 3.8) is 0 Å². The standard InChI is InChI=1S/C11H11N2O3S/c14-8-9-4-3-7-12(9)17-11-6-2-1-5-10(11)13(15)16/h1-2,5-6,9H,3-4,7H2/t9-/m0/s1. The fraction of sp³-hybridized carbons (Fsp3) is 0.364. The SMILES string of the molecule is O=[C][C@@H]1CCCN1Sc1ccccc1[N+](=O)[O-]. The molecule has 1 aromatic rings. The van der Waals surface area contributed by atoms with Gasteiger partial charge in [0.15, 0.2) is 0 Å². The molecule has 1 heterocycles. The molecule has 1 aliphatic rings. The van der Waals surface area contributed by atoms with E-state index in [0.29, 0.717) is 4.90 Å². The Kier molecular flexibility index (Phi) is 3.75. The van der Waals surface area contributed by atoms with Gasteiger partial charge in [-0.3, -0.25) is 14.9 Å². The smallest absolute Gasteiger partial charge is 0.284 e. The van der Waals surface area contributed by atoms with E-state index in [2.05, 4.69) is 0 Å². The van der Waals surface area contributed by atoms with Crippen LogP contribution in [0.3, 0.4) is 0 Å². The monoisotopic (exact) mass is 251 g/mol. The molecule has 0 unspecified atom stereocenters. The van der Waals surface area contributed by atoms with Gasteiger partial charge in [0.2, 0.25) is 6.29 Å². The molecule has 0 saturated carbocycles. The van der Waals surface area contributed by atoms with Gasteiger partial charge in [0.05, 0.1) is 11.0 Å². The molecule has 1 fully saturated rings. The van der Waals surface area contributed by atoms with Crippen LogP contribution in [0.5, 0.6) is 0 Å². The first-order valence-electron chi connectivity index (χ1n) is 5.28. The summed E-state index contributed by atoms with van der Waals surface area (Å²) in [5, 5.41) is 10.8. The molecule has 1 aromatic carbocycles. The summed E-state index contributed by atoms with van der Waals surface area (Å²) in [6.07, 6.45) is 3.67. The normalized spacial score (nSPS) is 20.4. The minimum atomic E-state index is -0.405. The highest BCUT2D eigenvalue weighted by molar-refractivity contribution is 7.97. The minimum Gasteiger partial charge on any atom is -0.289 e. The van der Waals surface area contributed by atoms with Crippen LogP contribution in [0.25, 0.3) is 0 Å². The molecule has 0 aliphatic carbocycles. The number of hydrogen-bond donors (Lipinski definition) is 0. The third-order valence-electron chi connectivity index (χ3n) is 2.62. The lowest BCUT2D eigenvalue weighted by Gasteiger charge is -2.17. The van der Waals surface area contributed by atoms with E-state index in [1.165, 1.54) is 18.0 Å². The molecule has 0 spiro atoms. The fourth-order valence-electron chi connectivity index (χ4n) is 1.78. The van der Waals surface area contributed by atoms with Crippen molar-refractivity contribution in [2.75, 3.05) is 6.54 Å². The Morgan fingerprint density at radius 2 is 2.24 bits per heavy atom. The van der Waals surface area contributed by atoms with Crippen LogP contribution in [-0.4, -0.2) is 28.1 Å². The highest BCUT2D eigenvalue weighted by Gasteiger charge is 2.27. The van der Waals surface area contributed by atoms with Gasteiger partial charge in [0, 0.05) is 12.6 Å². The Morgan fingerprint density at radius 3 is 2.94 bits per heavy atom. The lowest BCUT2D eigenvalue weighted by atomic mass is 10.2. The summed E-state index contributed by atoms with van der Waals surface area (Å²) in [5.41, 5.74) is 0.0778. The number of para-hydroxylation sites is 1. The number of nitro benzene ring substituents is 1. The van der Waals surface area contributed by atoms with E-state index >= 15 is 0 Å². The van der Waals surface area contributed by atoms with Gasteiger partial charge in [-0.2, -0.15) is 0 Å². The summed E-state index contributed by atoms with van der Waals surface area (Å²) in [4.78, 5) is 21.7. The average molecular weight is 251 g/mol. The largest absolute Gasteiger partial charge is 0.289 e. The Hall–Kier alpha value is -1.40. The van der Waals surface area contributed by atoms with Crippen LogP contribution in [0.2, 0.25) is 0 Å². The first kappa shape index (κ1) is 12.1. The maximum Gasteiger partial charge on any atom is 0.284 e. The molecule has 89 valence electrons. The Bertz CT molecular complexity index is 438. The maximum absolute atomic E-state index is 10.8. The molecule has 1 aliphatic heterocycles. The molecular weight excluding hydrogens is 240 g/mol. The van der Waals surface area contributed by atoms with Crippen LogP contribution < -0.4 is 0 Å². The Balaban J connectivity index is 2.18. The van der Waals surface area contributed by atoms with Gasteiger partial charge >= 0.3 is 0 Å². The quantitative estimate of drug-likeness (QED) is 0.466. The summed E-state index contributed by atoms with van der Waals surface area (Å²) in [6.45, 7) is 0.761. The first-order valence-corrected chi connectivity index (χ1v) is 6.05. The summed E-state index contributed by atoms with van der Waals surface area (Å²) in [7, 11) is 0. The van der Waals surface area contributed by atoms with Crippen LogP contribution in [0.1, 0.15) is 12.8 Å². The van der Waals surface area contributed by atoms with Crippen molar-refractivity contribution in [2.45, 2.75) is 23.8 Å². The highest BCUT2D eigenvalue weighted by atomic mass is 32.2. The second kappa shape index (κ2) is 5.29. The zero-order chi connectivity index (χ0) is 12.3.